The molecule has 0 aromatic carbocycles. The van der Waals surface area contributed by atoms with Gasteiger partial charge in [-0.1, -0.05) is 6.92 Å². The minimum absolute atomic E-state index is 0.717. The summed E-state index contributed by atoms with van der Waals surface area (Å²) in [7, 11) is 1.81. The Hall–Kier alpha value is -1.14. The third kappa shape index (κ3) is 2.28. The maximum Gasteiger partial charge on any atom is 0.138 e. The van der Waals surface area contributed by atoms with Crippen molar-refractivity contribution in [2.24, 2.45) is 7.05 Å². The van der Waals surface area contributed by atoms with Crippen molar-refractivity contribution in [2.75, 3.05) is 0 Å². The molecule has 0 aliphatic heterocycles. The van der Waals surface area contributed by atoms with E-state index in [4.69, 9.17) is 0 Å². The molecule has 0 amide bonds. The molecule has 92 valence electrons. The molecule has 1 N–H and O–H groups in total. The standard InChI is InChI=1S/C11H15BrN4O/c1-3-4-16-7-13-6-9(16)11(17)10-8(12)5-14-15(10)2/h5-7,11,17H,3-4H2,1-2H3. The predicted octanol–water partition coefficient (Wildman–Crippen LogP) is 1.87. The normalized spacial score (nSPS) is 12.9. The third-order valence-corrected chi connectivity index (χ3v) is 3.30. The molecule has 0 spiro atoms. The van der Waals surface area contributed by atoms with Crippen molar-refractivity contribution in [1.29, 1.82) is 0 Å². The molecular weight excluding hydrogens is 284 g/mol. The molecule has 0 fully saturated rings. The molecule has 1 unspecified atom stereocenters. The number of nitrogens with zero attached hydrogens (tertiary/aromatic N) is 4. The molecular formula is C11H15BrN4O. The Labute approximate surface area is 108 Å². The molecule has 0 saturated heterocycles. The van der Waals surface area contributed by atoms with E-state index in [0.29, 0.717) is 0 Å². The number of aryl methyl sites for hydroxylation is 2. The fourth-order valence-corrected chi connectivity index (χ4v) is 2.42. The average molecular weight is 299 g/mol. The van der Waals surface area contributed by atoms with Gasteiger partial charge in [-0.3, -0.25) is 4.68 Å². The first kappa shape index (κ1) is 12.3. The number of rotatable bonds is 4. The van der Waals surface area contributed by atoms with Crippen molar-refractivity contribution < 1.29 is 5.11 Å². The lowest BCUT2D eigenvalue weighted by Gasteiger charge is -2.14. The summed E-state index contributed by atoms with van der Waals surface area (Å²) >= 11 is 3.39. The van der Waals surface area contributed by atoms with E-state index < -0.39 is 6.10 Å². The first-order valence-corrected chi connectivity index (χ1v) is 6.30. The van der Waals surface area contributed by atoms with Crippen LogP contribution in [0.25, 0.3) is 0 Å². The minimum Gasteiger partial charge on any atom is -0.380 e. The van der Waals surface area contributed by atoms with Crippen LogP contribution in [0.5, 0.6) is 0 Å². The molecule has 0 radical (unpaired) electrons. The fourth-order valence-electron chi connectivity index (χ4n) is 1.85. The summed E-state index contributed by atoms with van der Waals surface area (Å²) in [6.45, 7) is 2.94. The number of hydrogen-bond acceptors (Lipinski definition) is 3. The van der Waals surface area contributed by atoms with Gasteiger partial charge in [0.15, 0.2) is 0 Å². The van der Waals surface area contributed by atoms with E-state index in [1.54, 1.807) is 23.4 Å². The molecule has 0 saturated carbocycles. The number of imidazole rings is 1. The van der Waals surface area contributed by atoms with Crippen LogP contribution in [0, 0.1) is 0 Å². The highest BCUT2D eigenvalue weighted by atomic mass is 79.9. The molecule has 2 heterocycles. The van der Waals surface area contributed by atoms with Crippen LogP contribution in [0.4, 0.5) is 0 Å². The highest BCUT2D eigenvalue weighted by Gasteiger charge is 2.21. The van der Waals surface area contributed by atoms with Gasteiger partial charge in [-0.25, -0.2) is 4.98 Å². The van der Waals surface area contributed by atoms with Crippen molar-refractivity contribution >= 4 is 15.9 Å². The number of halogens is 1. The summed E-state index contributed by atoms with van der Waals surface area (Å²) in [5.74, 6) is 0. The Kier molecular flexibility index (Phi) is 3.63. The minimum atomic E-state index is -0.717. The van der Waals surface area contributed by atoms with Crippen LogP contribution in [0.2, 0.25) is 0 Å². The topological polar surface area (TPSA) is 55.9 Å². The smallest absolute Gasteiger partial charge is 0.138 e. The van der Waals surface area contributed by atoms with Crippen molar-refractivity contribution in [3.05, 3.63) is 34.6 Å². The van der Waals surface area contributed by atoms with E-state index in [2.05, 4.69) is 32.9 Å². The van der Waals surface area contributed by atoms with Crippen LogP contribution >= 0.6 is 15.9 Å². The lowest BCUT2D eigenvalue weighted by atomic mass is 10.2. The van der Waals surface area contributed by atoms with Crippen molar-refractivity contribution in [2.45, 2.75) is 26.0 Å². The van der Waals surface area contributed by atoms with E-state index in [1.165, 1.54) is 0 Å². The molecule has 6 heteroatoms. The van der Waals surface area contributed by atoms with Gasteiger partial charge in [0.05, 0.1) is 34.6 Å². The Balaban J connectivity index is 2.37. The Morgan fingerprint density at radius 1 is 1.47 bits per heavy atom. The zero-order valence-electron chi connectivity index (χ0n) is 9.84. The summed E-state index contributed by atoms with van der Waals surface area (Å²) in [6, 6.07) is 0. The Morgan fingerprint density at radius 2 is 2.24 bits per heavy atom. The van der Waals surface area contributed by atoms with Crippen LogP contribution in [-0.2, 0) is 13.6 Å². The molecule has 0 aliphatic rings. The van der Waals surface area contributed by atoms with Gasteiger partial charge in [-0.2, -0.15) is 5.10 Å². The fraction of sp³-hybridized carbons (Fsp3) is 0.455. The summed E-state index contributed by atoms with van der Waals surface area (Å²) in [6.07, 6.45) is 5.40. The van der Waals surface area contributed by atoms with E-state index >= 15 is 0 Å². The average Bonchev–Trinajstić information content (AvgIpc) is 2.86. The van der Waals surface area contributed by atoms with Crippen LogP contribution in [0.15, 0.2) is 23.2 Å². The van der Waals surface area contributed by atoms with Crippen molar-refractivity contribution in [3.63, 3.8) is 0 Å². The monoisotopic (exact) mass is 298 g/mol. The summed E-state index contributed by atoms with van der Waals surface area (Å²) in [5.41, 5.74) is 1.53. The molecule has 2 aromatic rings. The zero-order valence-corrected chi connectivity index (χ0v) is 11.4. The largest absolute Gasteiger partial charge is 0.380 e. The summed E-state index contributed by atoms with van der Waals surface area (Å²) < 4.78 is 4.43. The maximum absolute atomic E-state index is 10.4. The second kappa shape index (κ2) is 5.01. The zero-order chi connectivity index (χ0) is 12.4. The summed E-state index contributed by atoms with van der Waals surface area (Å²) in [4.78, 5) is 4.09. The lowest BCUT2D eigenvalue weighted by Crippen LogP contribution is -2.12. The van der Waals surface area contributed by atoms with Crippen LogP contribution in [0.3, 0.4) is 0 Å². The van der Waals surface area contributed by atoms with E-state index in [9.17, 15) is 5.11 Å². The summed E-state index contributed by atoms with van der Waals surface area (Å²) in [5, 5.41) is 14.5. The molecule has 0 aliphatic carbocycles. The van der Waals surface area contributed by atoms with Gasteiger partial charge in [-0.15, -0.1) is 0 Å². The second-order valence-electron chi connectivity index (χ2n) is 3.92. The van der Waals surface area contributed by atoms with Gasteiger partial charge in [-0.05, 0) is 22.4 Å². The SMILES string of the molecule is CCCn1cncc1C(O)c1c(Br)cnn1C. The molecule has 5 nitrogen and oxygen atoms in total. The highest BCUT2D eigenvalue weighted by molar-refractivity contribution is 9.10. The molecule has 0 bridgehead atoms. The number of aliphatic hydroxyl groups is 1. The van der Waals surface area contributed by atoms with Crippen LogP contribution in [0.1, 0.15) is 30.8 Å². The van der Waals surface area contributed by atoms with Crippen molar-refractivity contribution in [1.82, 2.24) is 19.3 Å². The van der Waals surface area contributed by atoms with E-state index in [-0.39, 0.29) is 0 Å². The van der Waals surface area contributed by atoms with Crippen LogP contribution < -0.4 is 0 Å². The molecule has 17 heavy (non-hydrogen) atoms. The number of aromatic nitrogens is 4. The van der Waals surface area contributed by atoms with Gasteiger partial charge in [0.1, 0.15) is 6.10 Å². The van der Waals surface area contributed by atoms with Crippen LogP contribution in [-0.4, -0.2) is 24.4 Å². The second-order valence-corrected chi connectivity index (χ2v) is 4.77. The Bertz CT molecular complexity index is 486. The molecule has 2 aromatic heterocycles. The van der Waals surface area contributed by atoms with Crippen molar-refractivity contribution in [3.8, 4) is 0 Å². The number of hydrogen-bond donors (Lipinski definition) is 1. The van der Waals surface area contributed by atoms with Gasteiger partial charge in [0.2, 0.25) is 0 Å². The van der Waals surface area contributed by atoms with Gasteiger partial charge in [0, 0.05) is 13.6 Å². The first-order valence-electron chi connectivity index (χ1n) is 5.50. The predicted molar refractivity (Wildman–Crippen MR) is 67.5 cm³/mol. The third-order valence-electron chi connectivity index (χ3n) is 2.69. The number of aliphatic hydroxyl groups excluding tert-OH is 1. The first-order chi connectivity index (χ1) is 8.15. The highest BCUT2D eigenvalue weighted by Crippen LogP contribution is 2.27. The Morgan fingerprint density at radius 3 is 2.82 bits per heavy atom. The van der Waals surface area contributed by atoms with E-state index in [0.717, 1.165) is 28.8 Å². The van der Waals surface area contributed by atoms with E-state index in [1.807, 2.05) is 11.6 Å². The molecule has 1 atom stereocenters. The van der Waals surface area contributed by atoms with Gasteiger partial charge >= 0.3 is 0 Å². The molecule has 2 rings (SSSR count). The van der Waals surface area contributed by atoms with Gasteiger partial charge < -0.3 is 9.67 Å². The maximum atomic E-state index is 10.4. The van der Waals surface area contributed by atoms with Gasteiger partial charge in [0.25, 0.3) is 0 Å². The lowest BCUT2D eigenvalue weighted by molar-refractivity contribution is 0.198. The quantitative estimate of drug-likeness (QED) is 0.937.